The number of aromatic nitrogens is 4. The lowest BCUT2D eigenvalue weighted by Crippen LogP contribution is -2.10. The molecule has 6 heteroatoms. The average molecular weight is 249 g/mol. The minimum absolute atomic E-state index is 0.102. The standard InChI is InChI=1S/C12H16FN5/c1-3-8(2)7-18-12(15-16-17-18)9-4-5-10(13)11(14)6-9/h4-6,8H,3,7,14H2,1-2H3. The van der Waals surface area contributed by atoms with Crippen LogP contribution >= 0.6 is 0 Å². The van der Waals surface area contributed by atoms with E-state index < -0.39 is 5.82 Å². The van der Waals surface area contributed by atoms with Crippen LogP contribution in [0.3, 0.4) is 0 Å². The van der Waals surface area contributed by atoms with Gasteiger partial charge in [-0.3, -0.25) is 0 Å². The zero-order chi connectivity index (χ0) is 13.1. The largest absolute Gasteiger partial charge is 0.396 e. The molecule has 0 saturated heterocycles. The summed E-state index contributed by atoms with van der Waals surface area (Å²) < 4.78 is 14.8. The summed E-state index contributed by atoms with van der Waals surface area (Å²) in [5.41, 5.74) is 6.38. The molecule has 1 heterocycles. The van der Waals surface area contributed by atoms with Gasteiger partial charge in [-0.1, -0.05) is 20.3 Å². The van der Waals surface area contributed by atoms with Gasteiger partial charge in [-0.2, -0.15) is 0 Å². The predicted molar refractivity (Wildman–Crippen MR) is 67.1 cm³/mol. The van der Waals surface area contributed by atoms with Crippen LogP contribution in [0.4, 0.5) is 10.1 Å². The summed E-state index contributed by atoms with van der Waals surface area (Å²) in [6.45, 7) is 4.98. The van der Waals surface area contributed by atoms with Crippen LogP contribution in [0.15, 0.2) is 18.2 Å². The number of nitrogens with zero attached hydrogens (tertiary/aromatic N) is 4. The van der Waals surface area contributed by atoms with Gasteiger partial charge in [0.25, 0.3) is 0 Å². The van der Waals surface area contributed by atoms with E-state index >= 15 is 0 Å². The summed E-state index contributed by atoms with van der Waals surface area (Å²) in [6.07, 6.45) is 1.05. The summed E-state index contributed by atoms with van der Waals surface area (Å²) in [6, 6.07) is 4.51. The van der Waals surface area contributed by atoms with Crippen molar-refractivity contribution in [1.82, 2.24) is 20.2 Å². The Morgan fingerprint density at radius 2 is 2.22 bits per heavy atom. The molecule has 2 N–H and O–H groups in total. The first-order chi connectivity index (χ1) is 8.61. The Morgan fingerprint density at radius 3 is 2.89 bits per heavy atom. The maximum absolute atomic E-state index is 13.1. The number of halogens is 1. The highest BCUT2D eigenvalue weighted by atomic mass is 19.1. The fourth-order valence-electron chi connectivity index (χ4n) is 1.64. The third kappa shape index (κ3) is 2.47. The number of hydrogen-bond donors (Lipinski definition) is 1. The molecule has 5 nitrogen and oxygen atoms in total. The van der Waals surface area contributed by atoms with E-state index in [2.05, 4.69) is 29.4 Å². The first-order valence-corrected chi connectivity index (χ1v) is 5.93. The number of tetrazole rings is 1. The third-order valence-corrected chi connectivity index (χ3v) is 2.97. The molecular weight excluding hydrogens is 233 g/mol. The smallest absolute Gasteiger partial charge is 0.182 e. The van der Waals surface area contributed by atoms with Crippen molar-refractivity contribution in [3.8, 4) is 11.4 Å². The van der Waals surface area contributed by atoms with Crippen LogP contribution in [-0.4, -0.2) is 20.2 Å². The van der Waals surface area contributed by atoms with Crippen LogP contribution in [0.2, 0.25) is 0 Å². The third-order valence-electron chi connectivity index (χ3n) is 2.97. The first kappa shape index (κ1) is 12.5. The Labute approximate surface area is 105 Å². The molecule has 0 radical (unpaired) electrons. The van der Waals surface area contributed by atoms with Crippen LogP contribution in [0, 0.1) is 11.7 Å². The zero-order valence-corrected chi connectivity index (χ0v) is 10.5. The lowest BCUT2D eigenvalue weighted by Gasteiger charge is -2.10. The van der Waals surface area contributed by atoms with Gasteiger partial charge in [0.1, 0.15) is 5.82 Å². The summed E-state index contributed by atoms with van der Waals surface area (Å²) in [5.74, 6) is 0.659. The monoisotopic (exact) mass is 249 g/mol. The van der Waals surface area contributed by atoms with E-state index in [9.17, 15) is 4.39 Å². The van der Waals surface area contributed by atoms with Crippen LogP contribution in [0.1, 0.15) is 20.3 Å². The van der Waals surface area contributed by atoms with E-state index in [1.807, 2.05) is 0 Å². The van der Waals surface area contributed by atoms with Gasteiger partial charge in [-0.25, -0.2) is 9.07 Å². The van der Waals surface area contributed by atoms with Crippen LogP contribution in [-0.2, 0) is 6.54 Å². The van der Waals surface area contributed by atoms with Gasteiger partial charge in [0.15, 0.2) is 5.82 Å². The van der Waals surface area contributed by atoms with Gasteiger partial charge in [-0.05, 0) is 34.5 Å². The van der Waals surface area contributed by atoms with Crippen molar-refractivity contribution < 1.29 is 4.39 Å². The van der Waals surface area contributed by atoms with Crippen molar-refractivity contribution in [2.75, 3.05) is 5.73 Å². The van der Waals surface area contributed by atoms with Gasteiger partial charge in [0.2, 0.25) is 0 Å². The second-order valence-electron chi connectivity index (χ2n) is 4.43. The van der Waals surface area contributed by atoms with Crippen LogP contribution < -0.4 is 5.73 Å². The SMILES string of the molecule is CCC(C)Cn1nnnc1-c1ccc(F)c(N)c1. The molecule has 0 aliphatic rings. The van der Waals surface area contributed by atoms with E-state index in [-0.39, 0.29) is 5.69 Å². The molecule has 0 saturated carbocycles. The number of anilines is 1. The molecule has 0 spiro atoms. The summed E-state index contributed by atoms with van der Waals surface area (Å²) in [4.78, 5) is 0. The summed E-state index contributed by atoms with van der Waals surface area (Å²) in [5, 5.41) is 11.6. The molecule has 1 atom stereocenters. The lowest BCUT2D eigenvalue weighted by atomic mass is 10.1. The maximum atomic E-state index is 13.1. The number of nitrogen functional groups attached to an aromatic ring is 1. The number of rotatable bonds is 4. The average Bonchev–Trinajstić information content (AvgIpc) is 2.80. The lowest BCUT2D eigenvalue weighted by molar-refractivity contribution is 0.434. The van der Waals surface area contributed by atoms with Gasteiger partial charge >= 0.3 is 0 Å². The van der Waals surface area contributed by atoms with Crippen molar-refractivity contribution in [2.24, 2.45) is 5.92 Å². The van der Waals surface area contributed by atoms with Crippen molar-refractivity contribution in [3.05, 3.63) is 24.0 Å². The molecule has 96 valence electrons. The Balaban J connectivity index is 2.33. The fourth-order valence-corrected chi connectivity index (χ4v) is 1.64. The molecule has 0 amide bonds. The second-order valence-corrected chi connectivity index (χ2v) is 4.43. The molecule has 2 rings (SSSR count). The highest BCUT2D eigenvalue weighted by Gasteiger charge is 2.12. The maximum Gasteiger partial charge on any atom is 0.182 e. The first-order valence-electron chi connectivity index (χ1n) is 5.93. The molecule has 2 aromatic rings. The minimum Gasteiger partial charge on any atom is -0.396 e. The zero-order valence-electron chi connectivity index (χ0n) is 10.5. The van der Waals surface area contributed by atoms with Crippen molar-refractivity contribution in [2.45, 2.75) is 26.8 Å². The summed E-state index contributed by atoms with van der Waals surface area (Å²) in [7, 11) is 0. The topological polar surface area (TPSA) is 69.6 Å². The molecule has 1 aromatic heterocycles. The highest BCUT2D eigenvalue weighted by Crippen LogP contribution is 2.21. The Bertz CT molecular complexity index is 537. The van der Waals surface area contributed by atoms with Crippen LogP contribution in [0.5, 0.6) is 0 Å². The molecule has 1 aromatic carbocycles. The number of hydrogen-bond acceptors (Lipinski definition) is 4. The second kappa shape index (κ2) is 5.12. The molecule has 0 aliphatic carbocycles. The van der Waals surface area contributed by atoms with Gasteiger partial charge in [0.05, 0.1) is 5.69 Å². The predicted octanol–water partition coefficient (Wildman–Crippen LogP) is 2.11. The van der Waals surface area contributed by atoms with Crippen molar-refractivity contribution in [3.63, 3.8) is 0 Å². The van der Waals surface area contributed by atoms with Gasteiger partial charge < -0.3 is 5.73 Å². The molecule has 0 fully saturated rings. The number of nitrogens with two attached hydrogens (primary N) is 1. The summed E-state index contributed by atoms with van der Waals surface area (Å²) >= 11 is 0. The van der Waals surface area contributed by atoms with Crippen molar-refractivity contribution in [1.29, 1.82) is 0 Å². The van der Waals surface area contributed by atoms with Gasteiger partial charge in [-0.15, -0.1) is 5.10 Å². The normalized spacial score (nSPS) is 12.6. The van der Waals surface area contributed by atoms with E-state index in [0.29, 0.717) is 11.7 Å². The minimum atomic E-state index is -0.431. The van der Waals surface area contributed by atoms with E-state index in [1.165, 1.54) is 6.07 Å². The van der Waals surface area contributed by atoms with Crippen molar-refractivity contribution >= 4 is 5.69 Å². The Kier molecular flexibility index (Phi) is 3.55. The Hall–Kier alpha value is -1.98. The molecule has 18 heavy (non-hydrogen) atoms. The van der Waals surface area contributed by atoms with E-state index in [4.69, 9.17) is 5.73 Å². The van der Waals surface area contributed by atoms with E-state index in [0.717, 1.165) is 18.5 Å². The van der Waals surface area contributed by atoms with Crippen LogP contribution in [0.25, 0.3) is 11.4 Å². The molecular formula is C12H16FN5. The molecule has 0 aliphatic heterocycles. The molecule has 1 unspecified atom stereocenters. The fraction of sp³-hybridized carbons (Fsp3) is 0.417. The quantitative estimate of drug-likeness (QED) is 0.842. The molecule has 0 bridgehead atoms. The Morgan fingerprint density at radius 1 is 1.44 bits per heavy atom. The van der Waals surface area contributed by atoms with Gasteiger partial charge in [0, 0.05) is 12.1 Å². The van der Waals surface area contributed by atoms with E-state index in [1.54, 1.807) is 16.8 Å². The highest BCUT2D eigenvalue weighted by molar-refractivity contribution is 5.61. The number of benzene rings is 1.